The van der Waals surface area contributed by atoms with Gasteiger partial charge in [-0.3, -0.25) is 0 Å². The number of hydrogen-bond donors (Lipinski definition) is 1. The lowest BCUT2D eigenvalue weighted by molar-refractivity contribution is 0.579. The van der Waals surface area contributed by atoms with Crippen molar-refractivity contribution >= 4 is 5.69 Å². The first kappa shape index (κ1) is 16.6. The maximum absolute atomic E-state index is 5.70. The van der Waals surface area contributed by atoms with Crippen LogP contribution >= 0.6 is 0 Å². The largest absolute Gasteiger partial charge is 0.399 e. The van der Waals surface area contributed by atoms with Crippen LogP contribution in [0.3, 0.4) is 0 Å². The molecule has 0 unspecified atom stereocenters. The number of unbranched alkanes of at least 4 members (excludes halogenated alkanes) is 6. The van der Waals surface area contributed by atoms with E-state index < -0.39 is 0 Å². The van der Waals surface area contributed by atoms with Gasteiger partial charge in [-0.15, -0.1) is 0 Å². The molecule has 22 heavy (non-hydrogen) atoms. The van der Waals surface area contributed by atoms with Crippen LogP contribution in [0.1, 0.15) is 56.1 Å². The van der Waals surface area contributed by atoms with E-state index in [2.05, 4.69) is 42.5 Å². The molecule has 0 bridgehead atoms. The van der Waals surface area contributed by atoms with E-state index in [0.717, 1.165) is 5.69 Å². The highest BCUT2D eigenvalue weighted by Gasteiger charge is 1.96. The molecule has 2 rings (SSSR count). The van der Waals surface area contributed by atoms with E-state index in [1.54, 1.807) is 0 Å². The Labute approximate surface area is 135 Å². The second-order valence-electron chi connectivity index (χ2n) is 6.20. The van der Waals surface area contributed by atoms with Crippen LogP contribution in [0.4, 0.5) is 5.69 Å². The molecule has 118 valence electrons. The van der Waals surface area contributed by atoms with Crippen molar-refractivity contribution in [2.75, 3.05) is 5.73 Å². The van der Waals surface area contributed by atoms with Gasteiger partial charge < -0.3 is 5.73 Å². The minimum Gasteiger partial charge on any atom is -0.399 e. The van der Waals surface area contributed by atoms with E-state index in [1.165, 1.54) is 68.9 Å². The van der Waals surface area contributed by atoms with Gasteiger partial charge in [-0.05, 0) is 48.9 Å². The molecule has 0 amide bonds. The van der Waals surface area contributed by atoms with E-state index in [1.807, 2.05) is 12.1 Å². The Morgan fingerprint density at radius 2 is 0.955 bits per heavy atom. The van der Waals surface area contributed by atoms with Crippen molar-refractivity contribution < 1.29 is 0 Å². The van der Waals surface area contributed by atoms with E-state index in [-0.39, 0.29) is 0 Å². The monoisotopic (exact) mass is 295 g/mol. The van der Waals surface area contributed by atoms with Crippen LogP contribution in [0.25, 0.3) is 0 Å². The zero-order valence-corrected chi connectivity index (χ0v) is 13.6. The molecule has 0 aliphatic carbocycles. The van der Waals surface area contributed by atoms with Gasteiger partial charge in [-0.1, -0.05) is 74.6 Å². The fourth-order valence-electron chi connectivity index (χ4n) is 2.87. The smallest absolute Gasteiger partial charge is 0.0314 e. The molecule has 0 radical (unpaired) electrons. The van der Waals surface area contributed by atoms with Gasteiger partial charge in [0.2, 0.25) is 0 Å². The van der Waals surface area contributed by atoms with E-state index in [9.17, 15) is 0 Å². The summed E-state index contributed by atoms with van der Waals surface area (Å²) in [5, 5.41) is 0. The molecule has 2 aromatic rings. The van der Waals surface area contributed by atoms with Gasteiger partial charge >= 0.3 is 0 Å². The molecule has 0 atom stereocenters. The third-order valence-corrected chi connectivity index (χ3v) is 4.25. The predicted molar refractivity (Wildman–Crippen MR) is 97.0 cm³/mol. The van der Waals surface area contributed by atoms with E-state index in [0.29, 0.717) is 0 Å². The molecular formula is C21H29N. The third-order valence-electron chi connectivity index (χ3n) is 4.25. The van der Waals surface area contributed by atoms with Crippen molar-refractivity contribution in [1.82, 2.24) is 0 Å². The topological polar surface area (TPSA) is 26.0 Å². The van der Waals surface area contributed by atoms with Gasteiger partial charge in [0.05, 0.1) is 0 Å². The van der Waals surface area contributed by atoms with E-state index in [4.69, 9.17) is 5.73 Å². The van der Waals surface area contributed by atoms with Crippen LogP contribution in [0.15, 0.2) is 54.6 Å². The minimum absolute atomic E-state index is 0.860. The quantitative estimate of drug-likeness (QED) is 0.436. The van der Waals surface area contributed by atoms with Crippen LogP contribution in [0.2, 0.25) is 0 Å². The summed E-state index contributed by atoms with van der Waals surface area (Å²) in [6, 6.07) is 19.1. The molecule has 0 saturated heterocycles. The number of nitrogens with two attached hydrogens (primary N) is 1. The summed E-state index contributed by atoms with van der Waals surface area (Å²) in [5.41, 5.74) is 9.45. The van der Waals surface area contributed by atoms with E-state index >= 15 is 0 Å². The minimum atomic E-state index is 0.860. The molecule has 2 N–H and O–H groups in total. The fraction of sp³-hybridized carbons (Fsp3) is 0.429. The first-order chi connectivity index (χ1) is 10.8. The molecule has 1 nitrogen and oxygen atoms in total. The number of anilines is 1. The molecule has 0 saturated carbocycles. The van der Waals surface area contributed by atoms with Crippen molar-refractivity contribution in [3.05, 3.63) is 65.7 Å². The maximum atomic E-state index is 5.70. The molecule has 1 heteroatoms. The first-order valence-electron chi connectivity index (χ1n) is 8.73. The number of hydrogen-bond acceptors (Lipinski definition) is 1. The molecule has 0 aromatic heterocycles. The van der Waals surface area contributed by atoms with Gasteiger partial charge in [0.15, 0.2) is 0 Å². The van der Waals surface area contributed by atoms with Crippen LogP contribution in [0.5, 0.6) is 0 Å². The van der Waals surface area contributed by atoms with Crippen LogP contribution in [0, 0.1) is 0 Å². The van der Waals surface area contributed by atoms with Gasteiger partial charge in [-0.25, -0.2) is 0 Å². The number of aryl methyl sites for hydroxylation is 2. The third kappa shape index (κ3) is 6.80. The Morgan fingerprint density at radius 3 is 1.50 bits per heavy atom. The Hall–Kier alpha value is -1.76. The maximum Gasteiger partial charge on any atom is 0.0314 e. The molecule has 0 aliphatic heterocycles. The highest BCUT2D eigenvalue weighted by molar-refractivity contribution is 5.39. The van der Waals surface area contributed by atoms with Crippen molar-refractivity contribution in [3.63, 3.8) is 0 Å². The SMILES string of the molecule is Nc1ccc(CCCCCCCCCc2ccccc2)cc1. The van der Waals surface area contributed by atoms with Gasteiger partial charge in [0.1, 0.15) is 0 Å². The second-order valence-corrected chi connectivity index (χ2v) is 6.20. The summed E-state index contributed by atoms with van der Waals surface area (Å²) < 4.78 is 0. The molecule has 0 fully saturated rings. The van der Waals surface area contributed by atoms with Crippen molar-refractivity contribution in [3.8, 4) is 0 Å². The summed E-state index contributed by atoms with van der Waals surface area (Å²) in [4.78, 5) is 0. The summed E-state index contributed by atoms with van der Waals surface area (Å²) in [7, 11) is 0. The standard InChI is InChI=1S/C21H29N/c22-21-17-15-20(16-18-21)14-8-5-3-1-2-4-7-11-19-12-9-6-10-13-19/h6,9-10,12-13,15-18H,1-5,7-8,11,14,22H2. The normalized spacial score (nSPS) is 10.7. The van der Waals surface area contributed by atoms with Gasteiger partial charge in [0.25, 0.3) is 0 Å². The Balaban J connectivity index is 1.42. The van der Waals surface area contributed by atoms with Crippen molar-refractivity contribution in [2.24, 2.45) is 0 Å². The zero-order valence-electron chi connectivity index (χ0n) is 13.6. The van der Waals surface area contributed by atoms with Gasteiger partial charge in [0, 0.05) is 5.69 Å². The first-order valence-corrected chi connectivity index (χ1v) is 8.73. The predicted octanol–water partition coefficient (Wildman–Crippen LogP) is 5.78. The molecular weight excluding hydrogens is 266 g/mol. The lowest BCUT2D eigenvalue weighted by Gasteiger charge is -2.04. The summed E-state index contributed by atoms with van der Waals surface area (Å²) >= 11 is 0. The number of rotatable bonds is 10. The molecule has 2 aromatic carbocycles. The lowest BCUT2D eigenvalue weighted by atomic mass is 10.0. The number of nitrogen functional groups attached to an aromatic ring is 1. The Morgan fingerprint density at radius 1 is 0.500 bits per heavy atom. The summed E-state index contributed by atoms with van der Waals surface area (Å²) in [6.45, 7) is 0. The average Bonchev–Trinajstić information content (AvgIpc) is 2.56. The molecule has 0 aliphatic rings. The van der Waals surface area contributed by atoms with Gasteiger partial charge in [-0.2, -0.15) is 0 Å². The second kappa shape index (κ2) is 10.0. The molecule has 0 spiro atoms. The van der Waals surface area contributed by atoms with Crippen molar-refractivity contribution in [1.29, 1.82) is 0 Å². The highest BCUT2D eigenvalue weighted by atomic mass is 14.5. The highest BCUT2D eigenvalue weighted by Crippen LogP contribution is 2.13. The number of benzene rings is 2. The van der Waals surface area contributed by atoms with Crippen LogP contribution in [-0.2, 0) is 12.8 Å². The molecule has 0 heterocycles. The summed E-state index contributed by atoms with van der Waals surface area (Å²) in [5.74, 6) is 0. The van der Waals surface area contributed by atoms with Crippen LogP contribution in [-0.4, -0.2) is 0 Å². The zero-order chi connectivity index (χ0) is 15.5. The average molecular weight is 295 g/mol. The fourth-order valence-corrected chi connectivity index (χ4v) is 2.87. The Kier molecular flexibility index (Phi) is 7.59. The Bertz CT molecular complexity index is 501. The van der Waals surface area contributed by atoms with Crippen molar-refractivity contribution in [2.45, 2.75) is 57.8 Å². The summed E-state index contributed by atoms with van der Waals surface area (Å²) in [6.07, 6.45) is 11.9. The van der Waals surface area contributed by atoms with Crippen LogP contribution < -0.4 is 5.73 Å². The lowest BCUT2D eigenvalue weighted by Crippen LogP contribution is -1.89.